The first-order valence-electron chi connectivity index (χ1n) is 17.6. The first-order chi connectivity index (χ1) is 23.8. The summed E-state index contributed by atoms with van der Waals surface area (Å²) in [5, 5.41) is 4.89. The van der Waals surface area contributed by atoms with Gasteiger partial charge in [0.25, 0.3) is 0 Å². The number of pyridine rings is 2. The molecule has 3 aromatic carbocycles. The number of nitrogens with zero attached hydrogens (tertiary/aromatic N) is 5. The van der Waals surface area contributed by atoms with Gasteiger partial charge in [-0.05, 0) is 128 Å². The van der Waals surface area contributed by atoms with Gasteiger partial charge in [0.15, 0.2) is 0 Å². The second-order valence-corrected chi connectivity index (χ2v) is 15.6. The molecular formula is C45H45N5. The van der Waals surface area contributed by atoms with Crippen molar-refractivity contribution in [3.05, 3.63) is 171 Å². The number of aryl methyl sites for hydroxylation is 4. The topological polar surface area (TPSA) is 48.0 Å². The van der Waals surface area contributed by atoms with Crippen LogP contribution in [0.25, 0.3) is 22.5 Å². The lowest BCUT2D eigenvalue weighted by Gasteiger charge is -2.36. The number of fused-ring (bicyclic) bond motifs is 4. The summed E-state index contributed by atoms with van der Waals surface area (Å²) in [5.41, 5.74) is 16.2. The van der Waals surface area contributed by atoms with E-state index in [2.05, 4.69) is 175 Å². The third-order valence-corrected chi connectivity index (χ3v) is 11.0. The molecule has 5 heteroatoms. The molecule has 7 aromatic rings. The van der Waals surface area contributed by atoms with Gasteiger partial charge in [0.2, 0.25) is 0 Å². The van der Waals surface area contributed by atoms with E-state index in [1.54, 1.807) is 0 Å². The Morgan fingerprint density at radius 2 is 1.34 bits per heavy atom. The molecule has 50 heavy (non-hydrogen) atoms. The molecule has 1 aliphatic carbocycles. The molecule has 0 saturated heterocycles. The number of benzene rings is 3. The fraction of sp³-hybridized carbons (Fsp3) is 0.267. The Labute approximate surface area is 295 Å². The predicted octanol–water partition coefficient (Wildman–Crippen LogP) is 10.1. The Balaban J connectivity index is 1.49. The maximum absolute atomic E-state index is 5.21. The van der Waals surface area contributed by atoms with E-state index in [0.717, 1.165) is 45.5 Å². The van der Waals surface area contributed by atoms with Crippen LogP contribution >= 0.6 is 0 Å². The van der Waals surface area contributed by atoms with Gasteiger partial charge in [-0.25, -0.2) is 9.67 Å². The van der Waals surface area contributed by atoms with Gasteiger partial charge in [-0.2, -0.15) is 5.10 Å². The Bertz CT molecular complexity index is 2400. The second-order valence-electron chi connectivity index (χ2n) is 15.6. The van der Waals surface area contributed by atoms with Gasteiger partial charge in [-0.1, -0.05) is 81.4 Å². The average Bonchev–Trinajstić information content (AvgIpc) is 3.71. The second kappa shape index (κ2) is 11.1. The van der Waals surface area contributed by atoms with E-state index < -0.39 is 10.8 Å². The largest absolute Gasteiger partial charge is 0.300 e. The normalized spacial score (nSPS) is 13.9. The SMILES string of the molecule is Cc1cc(C)n(-c2cccc(C3(c4cc(C(C)(C)c5cc(C(C)(C)C)ccn5)n5c(C)c(C)nc5c4)c4ccccc4-c4ccccc43)c2)n1. The van der Waals surface area contributed by atoms with Crippen LogP contribution in [0.15, 0.2) is 109 Å². The van der Waals surface area contributed by atoms with Crippen LogP contribution in [0.4, 0.5) is 0 Å². The summed E-state index contributed by atoms with van der Waals surface area (Å²) >= 11 is 0. The summed E-state index contributed by atoms with van der Waals surface area (Å²) in [5.74, 6) is 0. The minimum atomic E-state index is -0.611. The van der Waals surface area contributed by atoms with Crippen LogP contribution in [0.2, 0.25) is 0 Å². The molecule has 0 fully saturated rings. The highest BCUT2D eigenvalue weighted by Gasteiger charge is 2.47. The van der Waals surface area contributed by atoms with E-state index in [1.165, 1.54) is 38.9 Å². The van der Waals surface area contributed by atoms with Crippen LogP contribution < -0.4 is 0 Å². The highest BCUT2D eigenvalue weighted by atomic mass is 15.3. The summed E-state index contributed by atoms with van der Waals surface area (Å²) in [6, 6.07) is 38.2. The lowest BCUT2D eigenvalue weighted by Crippen LogP contribution is -2.31. The van der Waals surface area contributed by atoms with Crippen LogP contribution in [0.1, 0.15) is 96.6 Å². The molecule has 0 aliphatic heterocycles. The van der Waals surface area contributed by atoms with Crippen molar-refractivity contribution in [2.45, 2.75) is 78.6 Å². The molecule has 0 amide bonds. The van der Waals surface area contributed by atoms with Gasteiger partial charge in [-0.15, -0.1) is 0 Å². The molecule has 4 aromatic heterocycles. The molecule has 8 rings (SSSR count). The third kappa shape index (κ3) is 4.63. The average molecular weight is 656 g/mol. The van der Waals surface area contributed by atoms with Crippen molar-refractivity contribution in [1.82, 2.24) is 24.1 Å². The van der Waals surface area contributed by atoms with Crippen molar-refractivity contribution >= 4 is 5.65 Å². The van der Waals surface area contributed by atoms with Crippen molar-refractivity contribution in [3.63, 3.8) is 0 Å². The fourth-order valence-corrected chi connectivity index (χ4v) is 8.26. The Morgan fingerprint density at radius 3 is 1.98 bits per heavy atom. The predicted molar refractivity (Wildman–Crippen MR) is 204 cm³/mol. The van der Waals surface area contributed by atoms with Crippen LogP contribution in [0, 0.1) is 27.7 Å². The zero-order valence-corrected chi connectivity index (χ0v) is 30.6. The summed E-state index contributed by atoms with van der Waals surface area (Å²) < 4.78 is 4.42. The Kier molecular flexibility index (Phi) is 7.10. The highest BCUT2D eigenvalue weighted by molar-refractivity contribution is 5.86. The quantitative estimate of drug-likeness (QED) is 0.185. The van der Waals surface area contributed by atoms with Crippen molar-refractivity contribution in [2.24, 2.45) is 0 Å². The van der Waals surface area contributed by atoms with Crippen molar-refractivity contribution in [2.75, 3.05) is 0 Å². The van der Waals surface area contributed by atoms with Gasteiger partial charge in [0, 0.05) is 28.7 Å². The van der Waals surface area contributed by atoms with Gasteiger partial charge < -0.3 is 4.40 Å². The molecule has 0 unspecified atom stereocenters. The molecule has 0 radical (unpaired) electrons. The first kappa shape index (κ1) is 31.9. The zero-order valence-electron chi connectivity index (χ0n) is 30.6. The van der Waals surface area contributed by atoms with Gasteiger partial charge in [0.1, 0.15) is 5.65 Å². The summed E-state index contributed by atoms with van der Waals surface area (Å²) in [6.07, 6.45) is 1.97. The third-order valence-electron chi connectivity index (χ3n) is 11.0. The molecule has 4 heterocycles. The van der Waals surface area contributed by atoms with E-state index in [9.17, 15) is 0 Å². The monoisotopic (exact) mass is 655 g/mol. The highest BCUT2D eigenvalue weighted by Crippen LogP contribution is 2.57. The van der Waals surface area contributed by atoms with E-state index in [1.807, 2.05) is 6.20 Å². The standard InChI is InChI=1S/C45H45N5/c1-28-23-29(2)50(48-28)35-16-14-15-33(24-35)45(38-19-12-10-17-36(38)37-18-11-13-20-39(37)45)34-26-41(49-31(4)30(3)47-42(49)27-34)44(8,9)40-25-32(21-22-46-40)43(5,6)7/h10-27H,1-9H3. The molecule has 0 atom stereocenters. The number of aromatic nitrogens is 5. The Morgan fingerprint density at radius 1 is 0.660 bits per heavy atom. The van der Waals surface area contributed by atoms with E-state index in [0.29, 0.717) is 0 Å². The number of hydrogen-bond donors (Lipinski definition) is 0. The van der Waals surface area contributed by atoms with Gasteiger partial charge >= 0.3 is 0 Å². The van der Waals surface area contributed by atoms with Crippen molar-refractivity contribution in [3.8, 4) is 16.8 Å². The molecule has 0 spiro atoms. The maximum atomic E-state index is 5.21. The van der Waals surface area contributed by atoms with Crippen molar-refractivity contribution < 1.29 is 0 Å². The number of imidazole rings is 1. The molecule has 5 nitrogen and oxygen atoms in total. The first-order valence-corrected chi connectivity index (χ1v) is 17.6. The van der Waals surface area contributed by atoms with Crippen LogP contribution in [0.3, 0.4) is 0 Å². The molecule has 250 valence electrons. The van der Waals surface area contributed by atoms with E-state index in [-0.39, 0.29) is 5.41 Å². The van der Waals surface area contributed by atoms with Crippen LogP contribution in [-0.4, -0.2) is 24.1 Å². The summed E-state index contributed by atoms with van der Waals surface area (Å²) in [4.78, 5) is 10.2. The lowest BCUT2D eigenvalue weighted by atomic mass is 9.67. The fourth-order valence-electron chi connectivity index (χ4n) is 8.26. The minimum absolute atomic E-state index is 0.00423. The summed E-state index contributed by atoms with van der Waals surface area (Å²) in [6.45, 7) is 19.9. The van der Waals surface area contributed by atoms with E-state index in [4.69, 9.17) is 15.1 Å². The maximum Gasteiger partial charge on any atom is 0.137 e. The molecule has 0 bridgehead atoms. The number of rotatable bonds is 5. The summed E-state index contributed by atoms with van der Waals surface area (Å²) in [7, 11) is 0. The molecular weight excluding hydrogens is 611 g/mol. The molecule has 1 aliphatic rings. The molecule has 0 saturated carbocycles. The Hall–Kier alpha value is -5.29. The van der Waals surface area contributed by atoms with Gasteiger partial charge in [0.05, 0.1) is 28.2 Å². The van der Waals surface area contributed by atoms with E-state index >= 15 is 0 Å². The smallest absolute Gasteiger partial charge is 0.137 e. The zero-order chi connectivity index (χ0) is 35.2. The van der Waals surface area contributed by atoms with Crippen LogP contribution in [-0.2, 0) is 16.2 Å². The van der Waals surface area contributed by atoms with Gasteiger partial charge in [-0.3, -0.25) is 4.98 Å². The number of hydrogen-bond acceptors (Lipinski definition) is 3. The van der Waals surface area contributed by atoms with Crippen molar-refractivity contribution in [1.29, 1.82) is 0 Å². The minimum Gasteiger partial charge on any atom is -0.300 e. The van der Waals surface area contributed by atoms with Crippen LogP contribution in [0.5, 0.6) is 0 Å². The molecule has 0 N–H and O–H groups in total. The lowest BCUT2D eigenvalue weighted by molar-refractivity contribution is 0.560.